The van der Waals surface area contributed by atoms with E-state index in [0.29, 0.717) is 23.5 Å². The van der Waals surface area contributed by atoms with Crippen molar-refractivity contribution in [1.82, 2.24) is 10.2 Å². The van der Waals surface area contributed by atoms with Crippen LogP contribution in [0.4, 0.5) is 14.9 Å². The summed E-state index contributed by atoms with van der Waals surface area (Å²) < 4.78 is 26.4. The van der Waals surface area contributed by atoms with Gasteiger partial charge in [0, 0.05) is 29.2 Å². The second-order valence-electron chi connectivity index (χ2n) is 7.47. The predicted octanol–water partition coefficient (Wildman–Crippen LogP) is 4.52. The molecular weight excluding hydrogens is 413 g/mol. The third-order valence-electron chi connectivity index (χ3n) is 4.54. The van der Waals surface area contributed by atoms with Gasteiger partial charge in [0.05, 0.1) is 16.6 Å². The van der Waals surface area contributed by atoms with Crippen molar-refractivity contribution >= 4 is 22.5 Å². The predicted molar refractivity (Wildman–Crippen MR) is 123 cm³/mol. The summed E-state index contributed by atoms with van der Waals surface area (Å²) >= 11 is 0. The van der Waals surface area contributed by atoms with Crippen molar-refractivity contribution in [1.29, 1.82) is 0 Å². The molecule has 0 radical (unpaired) electrons. The maximum atomic E-state index is 13.9. The quantitative estimate of drug-likeness (QED) is 0.543. The third kappa shape index (κ3) is 7.01. The highest BCUT2D eigenvalue weighted by atomic mass is 32.2. The lowest BCUT2D eigenvalue weighted by Crippen LogP contribution is -2.28. The van der Waals surface area contributed by atoms with Gasteiger partial charge < -0.3 is 15.5 Å². The zero-order chi connectivity index (χ0) is 22.2. The topological polar surface area (TPSA) is 61.4 Å². The average molecular weight is 440 g/mol. The lowest BCUT2D eigenvalue weighted by Gasteiger charge is -2.13. The molecule has 162 valence electrons. The fourth-order valence-corrected chi connectivity index (χ4v) is 4.21. The number of amides is 2. The highest BCUT2D eigenvalue weighted by molar-refractivity contribution is 7.84. The van der Waals surface area contributed by atoms with Gasteiger partial charge in [0.1, 0.15) is 5.82 Å². The van der Waals surface area contributed by atoms with Crippen LogP contribution in [0.2, 0.25) is 0 Å². The first kappa shape index (κ1) is 22.7. The van der Waals surface area contributed by atoms with Crippen molar-refractivity contribution in [2.24, 2.45) is 0 Å². The van der Waals surface area contributed by atoms with Crippen LogP contribution in [0.25, 0.3) is 0 Å². The number of anilines is 1. The molecule has 0 aromatic heterocycles. The molecule has 31 heavy (non-hydrogen) atoms. The number of urea groups is 1. The Morgan fingerprint density at radius 1 is 0.968 bits per heavy atom. The lowest BCUT2D eigenvalue weighted by atomic mass is 10.1. The van der Waals surface area contributed by atoms with Gasteiger partial charge in [-0.1, -0.05) is 36.4 Å². The molecule has 0 spiro atoms. The van der Waals surface area contributed by atoms with Crippen molar-refractivity contribution in [3.05, 3.63) is 95.3 Å². The summed E-state index contributed by atoms with van der Waals surface area (Å²) in [6.45, 7) is 0.771. The first-order valence-electron chi connectivity index (χ1n) is 9.90. The average Bonchev–Trinajstić information content (AvgIpc) is 2.75. The molecule has 7 heteroatoms. The van der Waals surface area contributed by atoms with Gasteiger partial charge in [-0.25, -0.2) is 9.18 Å². The van der Waals surface area contributed by atoms with Gasteiger partial charge in [0.15, 0.2) is 0 Å². The Bertz CT molecular complexity index is 1060. The summed E-state index contributed by atoms with van der Waals surface area (Å²) in [4.78, 5) is 15.0. The second-order valence-corrected chi connectivity index (χ2v) is 8.93. The molecule has 0 aliphatic rings. The standard InChI is InChI=1S/C24H26FN3O2S/c1-28(2)16-20-13-18(11-12-23(20)25)15-26-24(29)27-21-8-6-7-19(14-21)17-31(30)22-9-4-3-5-10-22/h3-14H,15-17H2,1-2H3,(H2,26,27,29). The minimum Gasteiger partial charge on any atom is -0.334 e. The van der Waals surface area contributed by atoms with E-state index in [0.717, 1.165) is 16.0 Å². The second kappa shape index (κ2) is 10.8. The Morgan fingerprint density at radius 3 is 2.48 bits per heavy atom. The summed E-state index contributed by atoms with van der Waals surface area (Å²) in [7, 11) is 2.60. The number of nitrogens with one attached hydrogen (secondary N) is 2. The number of hydrogen-bond donors (Lipinski definition) is 2. The number of nitrogens with zero attached hydrogens (tertiary/aromatic N) is 1. The Hall–Kier alpha value is -3.03. The Kier molecular flexibility index (Phi) is 7.92. The number of hydrogen-bond acceptors (Lipinski definition) is 3. The van der Waals surface area contributed by atoms with Crippen LogP contribution in [0, 0.1) is 5.82 Å². The Labute approximate surface area is 184 Å². The number of benzene rings is 3. The van der Waals surface area contributed by atoms with Gasteiger partial charge in [-0.15, -0.1) is 0 Å². The molecule has 1 unspecified atom stereocenters. The molecule has 1 atom stereocenters. The van der Waals surface area contributed by atoms with E-state index in [-0.39, 0.29) is 18.4 Å². The van der Waals surface area contributed by atoms with Crippen molar-refractivity contribution in [3.8, 4) is 0 Å². The van der Waals surface area contributed by atoms with E-state index in [4.69, 9.17) is 0 Å². The van der Waals surface area contributed by atoms with E-state index in [9.17, 15) is 13.4 Å². The fourth-order valence-electron chi connectivity index (χ4n) is 3.10. The van der Waals surface area contributed by atoms with Gasteiger partial charge in [0.2, 0.25) is 0 Å². The molecule has 0 fully saturated rings. The number of carbonyl (C=O) groups is 1. The van der Waals surface area contributed by atoms with E-state index in [1.165, 1.54) is 6.07 Å². The molecule has 3 rings (SSSR count). The molecule has 3 aromatic rings. The molecule has 0 aliphatic heterocycles. The first-order valence-corrected chi connectivity index (χ1v) is 11.2. The maximum Gasteiger partial charge on any atom is 0.319 e. The van der Waals surface area contributed by atoms with E-state index < -0.39 is 10.8 Å². The van der Waals surface area contributed by atoms with Crippen LogP contribution >= 0.6 is 0 Å². The van der Waals surface area contributed by atoms with Gasteiger partial charge in [-0.05, 0) is 61.6 Å². The minimum absolute atomic E-state index is 0.258. The molecule has 2 amide bonds. The maximum absolute atomic E-state index is 13.9. The highest BCUT2D eigenvalue weighted by Gasteiger charge is 2.08. The molecule has 3 aromatic carbocycles. The van der Waals surface area contributed by atoms with E-state index in [1.54, 1.807) is 18.2 Å². The molecule has 0 bridgehead atoms. The molecule has 5 nitrogen and oxygen atoms in total. The summed E-state index contributed by atoms with van der Waals surface area (Å²) in [6, 6.07) is 21.1. The van der Waals surface area contributed by atoms with Crippen LogP contribution in [0.15, 0.2) is 77.7 Å². The van der Waals surface area contributed by atoms with Crippen LogP contribution in [-0.4, -0.2) is 29.2 Å². The SMILES string of the molecule is CN(C)Cc1cc(CNC(=O)Nc2cccc(CS(=O)c3ccccc3)c2)ccc1F. The van der Waals surface area contributed by atoms with Gasteiger partial charge in [-0.2, -0.15) is 0 Å². The fraction of sp³-hybridized carbons (Fsp3) is 0.208. The summed E-state index contributed by atoms with van der Waals surface area (Å²) in [6.07, 6.45) is 0. The molecular formula is C24H26FN3O2S. The minimum atomic E-state index is -1.15. The molecule has 0 saturated heterocycles. The van der Waals surface area contributed by atoms with Crippen molar-refractivity contribution in [2.75, 3.05) is 19.4 Å². The zero-order valence-corrected chi connectivity index (χ0v) is 18.4. The molecule has 0 aliphatic carbocycles. The van der Waals surface area contributed by atoms with Crippen molar-refractivity contribution in [2.45, 2.75) is 23.7 Å². The third-order valence-corrected chi connectivity index (χ3v) is 5.93. The number of halogens is 1. The normalized spacial score (nSPS) is 11.9. The van der Waals surface area contributed by atoms with Crippen molar-refractivity contribution in [3.63, 3.8) is 0 Å². The number of carbonyl (C=O) groups excluding carboxylic acids is 1. The largest absolute Gasteiger partial charge is 0.334 e. The highest BCUT2D eigenvalue weighted by Crippen LogP contribution is 2.16. The van der Waals surface area contributed by atoms with Crippen LogP contribution in [-0.2, 0) is 29.6 Å². The first-order chi connectivity index (χ1) is 14.9. The van der Waals surface area contributed by atoms with Crippen molar-refractivity contribution < 1.29 is 13.4 Å². The molecule has 2 N–H and O–H groups in total. The number of rotatable bonds is 8. The van der Waals surface area contributed by atoms with Crippen LogP contribution in [0.1, 0.15) is 16.7 Å². The Balaban J connectivity index is 1.56. The van der Waals surface area contributed by atoms with Gasteiger partial charge in [-0.3, -0.25) is 4.21 Å². The monoisotopic (exact) mass is 439 g/mol. The van der Waals surface area contributed by atoms with Crippen LogP contribution in [0.3, 0.4) is 0 Å². The van der Waals surface area contributed by atoms with E-state index in [2.05, 4.69) is 10.6 Å². The zero-order valence-electron chi connectivity index (χ0n) is 17.6. The summed E-state index contributed by atoms with van der Waals surface area (Å²) in [5.41, 5.74) is 2.89. The summed E-state index contributed by atoms with van der Waals surface area (Å²) in [5.74, 6) is 0.109. The Morgan fingerprint density at radius 2 is 1.74 bits per heavy atom. The lowest BCUT2D eigenvalue weighted by molar-refractivity contribution is 0.251. The molecule has 0 saturated carbocycles. The van der Waals surface area contributed by atoms with Gasteiger partial charge in [0.25, 0.3) is 0 Å². The van der Waals surface area contributed by atoms with E-state index in [1.807, 2.05) is 67.5 Å². The van der Waals surface area contributed by atoms with Crippen LogP contribution in [0.5, 0.6) is 0 Å². The van der Waals surface area contributed by atoms with E-state index >= 15 is 0 Å². The summed E-state index contributed by atoms with van der Waals surface area (Å²) in [5, 5.41) is 5.58. The smallest absolute Gasteiger partial charge is 0.319 e. The molecule has 0 heterocycles. The van der Waals surface area contributed by atoms with Gasteiger partial charge >= 0.3 is 6.03 Å². The van der Waals surface area contributed by atoms with Crippen LogP contribution < -0.4 is 10.6 Å².